The average molecular weight is 274 g/mol. The second kappa shape index (κ2) is 5.73. The van der Waals surface area contributed by atoms with Crippen LogP contribution in [-0.4, -0.2) is 18.6 Å². The maximum absolute atomic E-state index is 11.9. The molecule has 108 valence electrons. The maximum atomic E-state index is 11.9. The van der Waals surface area contributed by atoms with Gasteiger partial charge in [-0.15, -0.1) is 0 Å². The Bertz CT molecular complexity index is 489. The van der Waals surface area contributed by atoms with Crippen LogP contribution in [0, 0.1) is 11.8 Å². The highest BCUT2D eigenvalue weighted by Gasteiger charge is 2.39. The summed E-state index contributed by atoms with van der Waals surface area (Å²) >= 11 is 0. The van der Waals surface area contributed by atoms with Crippen LogP contribution in [0.4, 0.5) is 5.69 Å². The number of hydrogen-bond donors (Lipinski definition) is 2. The number of fused-ring (bicyclic) bond motifs is 2. The molecule has 0 heterocycles. The van der Waals surface area contributed by atoms with E-state index < -0.39 is 0 Å². The van der Waals surface area contributed by atoms with Crippen LogP contribution in [0.25, 0.3) is 0 Å². The average Bonchev–Trinajstić information content (AvgIpc) is 3.03. The predicted molar refractivity (Wildman–Crippen MR) is 78.3 cm³/mol. The van der Waals surface area contributed by atoms with Crippen molar-refractivity contribution in [3.05, 3.63) is 24.3 Å². The Morgan fingerprint density at radius 2 is 2.15 bits per heavy atom. The molecule has 0 radical (unpaired) electrons. The van der Waals surface area contributed by atoms with E-state index in [4.69, 9.17) is 10.5 Å². The molecule has 1 aromatic carbocycles. The number of anilines is 1. The number of carbonyl (C=O) groups excluding carboxylic acids is 1. The standard InChI is InChI=1S/C16H22N2O2/c17-13-3-1-2-4-15(13)20-8-7-16(19)18-14-10-11-5-6-12(14)9-11/h1-4,11-12,14H,5-10,17H2,(H,18,19). The number of nitrogen functional groups attached to an aromatic ring is 1. The molecule has 4 nitrogen and oxygen atoms in total. The molecule has 3 N–H and O–H groups in total. The first-order valence-corrected chi connectivity index (χ1v) is 7.49. The zero-order valence-electron chi connectivity index (χ0n) is 11.7. The molecule has 0 saturated heterocycles. The van der Waals surface area contributed by atoms with E-state index in [-0.39, 0.29) is 5.91 Å². The number of rotatable bonds is 5. The zero-order chi connectivity index (χ0) is 13.9. The number of ether oxygens (including phenoxy) is 1. The van der Waals surface area contributed by atoms with E-state index >= 15 is 0 Å². The van der Waals surface area contributed by atoms with Gasteiger partial charge in [-0.05, 0) is 43.2 Å². The molecule has 3 unspecified atom stereocenters. The molecule has 0 aliphatic heterocycles. The number of carbonyl (C=O) groups is 1. The van der Waals surface area contributed by atoms with Crippen molar-refractivity contribution in [3.63, 3.8) is 0 Å². The summed E-state index contributed by atoms with van der Waals surface area (Å²) in [6.45, 7) is 0.376. The lowest BCUT2D eigenvalue weighted by Crippen LogP contribution is -2.38. The van der Waals surface area contributed by atoms with Gasteiger partial charge in [0.15, 0.2) is 0 Å². The number of nitrogens with two attached hydrogens (primary N) is 1. The van der Waals surface area contributed by atoms with Gasteiger partial charge in [0, 0.05) is 6.04 Å². The van der Waals surface area contributed by atoms with Crippen LogP contribution in [0.5, 0.6) is 5.75 Å². The number of hydrogen-bond acceptors (Lipinski definition) is 3. The Hall–Kier alpha value is -1.71. The fourth-order valence-corrected chi connectivity index (χ4v) is 3.57. The molecule has 1 aromatic rings. The molecule has 0 spiro atoms. The molecule has 0 aromatic heterocycles. The minimum atomic E-state index is 0.0945. The van der Waals surface area contributed by atoms with Crippen LogP contribution in [0.3, 0.4) is 0 Å². The van der Waals surface area contributed by atoms with Crippen molar-refractivity contribution in [2.75, 3.05) is 12.3 Å². The Morgan fingerprint density at radius 3 is 2.85 bits per heavy atom. The van der Waals surface area contributed by atoms with Crippen LogP contribution in [0.2, 0.25) is 0 Å². The molecule has 3 atom stereocenters. The van der Waals surface area contributed by atoms with Crippen LogP contribution in [-0.2, 0) is 4.79 Å². The van der Waals surface area contributed by atoms with Gasteiger partial charge in [0.25, 0.3) is 0 Å². The molecular formula is C16H22N2O2. The quantitative estimate of drug-likeness (QED) is 0.810. The van der Waals surface area contributed by atoms with E-state index in [1.165, 1.54) is 25.7 Å². The molecule has 2 aliphatic rings. The third-order valence-corrected chi connectivity index (χ3v) is 4.59. The molecule has 3 rings (SSSR count). The molecule has 20 heavy (non-hydrogen) atoms. The monoisotopic (exact) mass is 274 g/mol. The van der Waals surface area contributed by atoms with Gasteiger partial charge >= 0.3 is 0 Å². The topological polar surface area (TPSA) is 64.3 Å². The molecule has 2 saturated carbocycles. The second-order valence-corrected chi connectivity index (χ2v) is 5.99. The van der Waals surface area contributed by atoms with Crippen molar-refractivity contribution in [2.24, 2.45) is 11.8 Å². The Morgan fingerprint density at radius 1 is 1.30 bits per heavy atom. The van der Waals surface area contributed by atoms with Gasteiger partial charge in [-0.3, -0.25) is 4.79 Å². The summed E-state index contributed by atoms with van der Waals surface area (Å²) in [4.78, 5) is 11.9. The largest absolute Gasteiger partial charge is 0.491 e. The van der Waals surface area contributed by atoms with Crippen molar-refractivity contribution in [2.45, 2.75) is 38.1 Å². The summed E-state index contributed by atoms with van der Waals surface area (Å²) in [5, 5.41) is 3.16. The highest BCUT2D eigenvalue weighted by molar-refractivity contribution is 5.76. The van der Waals surface area contributed by atoms with Crippen molar-refractivity contribution in [3.8, 4) is 5.75 Å². The molecule has 2 bridgehead atoms. The van der Waals surface area contributed by atoms with E-state index in [1.54, 1.807) is 6.07 Å². The van der Waals surface area contributed by atoms with Gasteiger partial charge in [-0.1, -0.05) is 18.6 Å². The van der Waals surface area contributed by atoms with Crippen molar-refractivity contribution in [1.82, 2.24) is 5.32 Å². The van der Waals surface area contributed by atoms with Crippen molar-refractivity contribution >= 4 is 11.6 Å². The minimum absolute atomic E-state index is 0.0945. The molecular weight excluding hydrogens is 252 g/mol. The number of benzene rings is 1. The first kappa shape index (κ1) is 13.3. The van der Waals surface area contributed by atoms with Crippen LogP contribution in [0.15, 0.2) is 24.3 Å². The van der Waals surface area contributed by atoms with Gasteiger partial charge < -0.3 is 15.8 Å². The lowest BCUT2D eigenvalue weighted by atomic mass is 9.95. The van der Waals surface area contributed by atoms with Crippen LogP contribution >= 0.6 is 0 Å². The Kier molecular flexibility index (Phi) is 3.81. The molecule has 1 amide bonds. The van der Waals surface area contributed by atoms with Gasteiger partial charge in [-0.25, -0.2) is 0 Å². The lowest BCUT2D eigenvalue weighted by Gasteiger charge is -2.22. The summed E-state index contributed by atoms with van der Waals surface area (Å²) in [5.41, 5.74) is 6.40. The fraction of sp³-hybridized carbons (Fsp3) is 0.562. The fourth-order valence-electron chi connectivity index (χ4n) is 3.57. The van der Waals surface area contributed by atoms with Crippen LogP contribution in [0.1, 0.15) is 32.1 Å². The normalized spacial score (nSPS) is 27.5. The lowest BCUT2D eigenvalue weighted by molar-refractivity contribution is -0.122. The maximum Gasteiger partial charge on any atom is 0.223 e. The van der Waals surface area contributed by atoms with Gasteiger partial charge in [0.05, 0.1) is 18.7 Å². The third-order valence-electron chi connectivity index (χ3n) is 4.59. The number of amides is 1. The van der Waals surface area contributed by atoms with E-state index in [2.05, 4.69) is 5.32 Å². The minimum Gasteiger partial charge on any atom is -0.491 e. The van der Waals surface area contributed by atoms with Crippen molar-refractivity contribution < 1.29 is 9.53 Å². The number of para-hydroxylation sites is 2. The Labute approximate surface area is 119 Å². The predicted octanol–water partition coefficient (Wildman–Crippen LogP) is 2.34. The highest BCUT2D eigenvalue weighted by Crippen LogP contribution is 2.44. The smallest absolute Gasteiger partial charge is 0.223 e. The van der Waals surface area contributed by atoms with Gasteiger partial charge in [0.2, 0.25) is 5.91 Å². The summed E-state index contributed by atoms with van der Waals surface area (Å²) in [6, 6.07) is 7.77. The van der Waals surface area contributed by atoms with Gasteiger partial charge in [-0.2, -0.15) is 0 Å². The molecule has 2 fully saturated rings. The number of nitrogens with one attached hydrogen (secondary N) is 1. The summed E-state index contributed by atoms with van der Waals surface area (Å²) in [6.07, 6.45) is 5.51. The SMILES string of the molecule is Nc1ccccc1OCCC(=O)NC1CC2CCC1C2. The Balaban J connectivity index is 1.40. The first-order chi connectivity index (χ1) is 9.72. The third kappa shape index (κ3) is 2.89. The first-order valence-electron chi connectivity index (χ1n) is 7.49. The van der Waals surface area contributed by atoms with E-state index in [0.717, 1.165) is 11.8 Å². The molecule has 4 heteroatoms. The van der Waals surface area contributed by atoms with E-state index in [1.807, 2.05) is 18.2 Å². The summed E-state index contributed by atoms with van der Waals surface area (Å²) < 4.78 is 5.55. The van der Waals surface area contributed by atoms with Crippen molar-refractivity contribution in [1.29, 1.82) is 0 Å². The summed E-state index contributed by atoms with van der Waals surface area (Å²) in [5.74, 6) is 2.32. The van der Waals surface area contributed by atoms with Crippen LogP contribution < -0.4 is 15.8 Å². The summed E-state index contributed by atoms with van der Waals surface area (Å²) in [7, 11) is 0. The van der Waals surface area contributed by atoms with Gasteiger partial charge in [0.1, 0.15) is 5.75 Å². The van der Waals surface area contributed by atoms with E-state index in [0.29, 0.717) is 30.5 Å². The molecule has 2 aliphatic carbocycles. The second-order valence-electron chi connectivity index (χ2n) is 5.99. The zero-order valence-corrected chi connectivity index (χ0v) is 11.7. The van der Waals surface area contributed by atoms with E-state index in [9.17, 15) is 4.79 Å². The highest BCUT2D eigenvalue weighted by atomic mass is 16.5.